The van der Waals surface area contributed by atoms with E-state index in [1.807, 2.05) is 42.1 Å². The van der Waals surface area contributed by atoms with Gasteiger partial charge in [0.2, 0.25) is 0 Å². The maximum Gasteiger partial charge on any atom is 0.314 e. The lowest BCUT2D eigenvalue weighted by Crippen LogP contribution is -2.23. The Hall–Kier alpha value is -1.81. The van der Waals surface area contributed by atoms with Crippen molar-refractivity contribution in [3.05, 3.63) is 36.0 Å². The van der Waals surface area contributed by atoms with Crippen LogP contribution in [-0.2, 0) is 16.6 Å². The maximum atomic E-state index is 11.7. The molecule has 0 radical (unpaired) electrons. The average molecular weight is 232 g/mol. The smallest absolute Gasteiger partial charge is 0.314 e. The molecule has 90 valence electrons. The van der Waals surface area contributed by atoms with Crippen LogP contribution in [0.2, 0.25) is 0 Å². The molecule has 17 heavy (non-hydrogen) atoms. The number of rotatable bonds is 3. The van der Waals surface area contributed by atoms with Crippen LogP contribution in [0, 0.1) is 0 Å². The molecule has 1 heterocycles. The molecule has 1 atom stereocenters. The van der Waals surface area contributed by atoms with E-state index < -0.39 is 5.92 Å². The van der Waals surface area contributed by atoms with Crippen molar-refractivity contribution in [3.8, 4) is 0 Å². The third-order valence-electron chi connectivity index (χ3n) is 3.03. The third-order valence-corrected chi connectivity index (χ3v) is 3.03. The van der Waals surface area contributed by atoms with Gasteiger partial charge in [0.25, 0.3) is 0 Å². The number of benzene rings is 1. The summed E-state index contributed by atoms with van der Waals surface area (Å²) in [4.78, 5) is 11.7. The number of carbonyl (C=O) groups is 1. The number of esters is 1. The van der Waals surface area contributed by atoms with E-state index in [9.17, 15) is 4.79 Å². The molecule has 4 heteroatoms. The second-order valence-corrected chi connectivity index (χ2v) is 4.02. The first kappa shape index (κ1) is 11.7. The monoisotopic (exact) mass is 232 g/mol. The highest BCUT2D eigenvalue weighted by molar-refractivity contribution is 5.89. The molecule has 0 bridgehead atoms. The lowest BCUT2D eigenvalue weighted by Gasteiger charge is -2.14. The number of para-hydroxylation sites is 1. The van der Waals surface area contributed by atoms with Gasteiger partial charge < -0.3 is 15.0 Å². The van der Waals surface area contributed by atoms with E-state index in [1.165, 1.54) is 7.11 Å². The van der Waals surface area contributed by atoms with E-state index in [0.717, 1.165) is 16.5 Å². The lowest BCUT2D eigenvalue weighted by molar-refractivity contribution is -0.142. The summed E-state index contributed by atoms with van der Waals surface area (Å²) in [5.41, 5.74) is 7.64. The molecule has 0 spiro atoms. The number of aryl methyl sites for hydroxylation is 1. The average Bonchev–Trinajstić information content (AvgIpc) is 2.73. The molecule has 0 saturated carbocycles. The summed E-state index contributed by atoms with van der Waals surface area (Å²) in [6.07, 6.45) is 1.97. The molecule has 2 N–H and O–H groups in total. The molecule has 0 amide bonds. The minimum atomic E-state index is -0.405. The van der Waals surface area contributed by atoms with E-state index in [4.69, 9.17) is 10.5 Å². The lowest BCUT2D eigenvalue weighted by atomic mass is 9.97. The van der Waals surface area contributed by atoms with Gasteiger partial charge in [-0.3, -0.25) is 4.79 Å². The Kier molecular flexibility index (Phi) is 3.15. The zero-order chi connectivity index (χ0) is 12.4. The van der Waals surface area contributed by atoms with Gasteiger partial charge in [-0.25, -0.2) is 0 Å². The van der Waals surface area contributed by atoms with Crippen LogP contribution in [0.5, 0.6) is 0 Å². The fraction of sp³-hybridized carbons (Fsp3) is 0.308. The third kappa shape index (κ3) is 1.91. The van der Waals surface area contributed by atoms with Crippen molar-refractivity contribution in [3.63, 3.8) is 0 Å². The van der Waals surface area contributed by atoms with Crippen LogP contribution in [0.3, 0.4) is 0 Å². The van der Waals surface area contributed by atoms with Gasteiger partial charge in [-0.15, -0.1) is 0 Å². The summed E-state index contributed by atoms with van der Waals surface area (Å²) in [6.45, 7) is 0.247. The zero-order valence-electron chi connectivity index (χ0n) is 10.0. The van der Waals surface area contributed by atoms with E-state index >= 15 is 0 Å². The fourth-order valence-corrected chi connectivity index (χ4v) is 2.16. The Labute approximate surface area is 100.0 Å². The second kappa shape index (κ2) is 4.59. The van der Waals surface area contributed by atoms with Crippen LogP contribution in [0.15, 0.2) is 30.5 Å². The zero-order valence-corrected chi connectivity index (χ0v) is 10.0. The Morgan fingerprint density at radius 2 is 2.24 bits per heavy atom. The van der Waals surface area contributed by atoms with Gasteiger partial charge >= 0.3 is 5.97 Å². The molecule has 2 aromatic rings. The number of carbonyl (C=O) groups excluding carboxylic acids is 1. The van der Waals surface area contributed by atoms with Crippen LogP contribution in [0.25, 0.3) is 10.9 Å². The predicted molar refractivity (Wildman–Crippen MR) is 66.7 cm³/mol. The summed E-state index contributed by atoms with van der Waals surface area (Å²) in [5, 5.41) is 1.10. The van der Waals surface area contributed by atoms with Crippen molar-refractivity contribution in [2.75, 3.05) is 13.7 Å². The highest BCUT2D eigenvalue weighted by Gasteiger charge is 2.22. The molecule has 0 aliphatic carbocycles. The molecular formula is C13H16N2O2. The van der Waals surface area contributed by atoms with Gasteiger partial charge in [-0.2, -0.15) is 0 Å². The van der Waals surface area contributed by atoms with Gasteiger partial charge in [0.05, 0.1) is 18.5 Å². The van der Waals surface area contributed by atoms with Crippen molar-refractivity contribution in [1.82, 2.24) is 4.57 Å². The van der Waals surface area contributed by atoms with Crippen molar-refractivity contribution in [1.29, 1.82) is 0 Å². The highest BCUT2D eigenvalue weighted by atomic mass is 16.5. The molecule has 0 aliphatic heterocycles. The SMILES string of the molecule is COC(=O)C(CN)c1cccc2ccn(C)c12. The van der Waals surface area contributed by atoms with Crippen molar-refractivity contribution in [2.24, 2.45) is 12.8 Å². The summed E-state index contributed by atoms with van der Waals surface area (Å²) in [6, 6.07) is 7.90. The largest absolute Gasteiger partial charge is 0.469 e. The minimum Gasteiger partial charge on any atom is -0.469 e. The quantitative estimate of drug-likeness (QED) is 0.814. The number of aromatic nitrogens is 1. The number of hydrogen-bond donors (Lipinski definition) is 1. The number of nitrogens with zero attached hydrogens (tertiary/aromatic N) is 1. The summed E-state index contributed by atoms with van der Waals surface area (Å²) in [7, 11) is 3.34. The molecule has 1 aromatic heterocycles. The minimum absolute atomic E-state index is 0.247. The first-order valence-corrected chi connectivity index (χ1v) is 5.51. The first-order valence-electron chi connectivity index (χ1n) is 5.51. The molecular weight excluding hydrogens is 216 g/mol. The molecule has 1 unspecified atom stereocenters. The Balaban J connectivity index is 2.60. The van der Waals surface area contributed by atoms with Crippen molar-refractivity contribution < 1.29 is 9.53 Å². The van der Waals surface area contributed by atoms with Crippen LogP contribution < -0.4 is 5.73 Å². The van der Waals surface area contributed by atoms with E-state index in [-0.39, 0.29) is 12.5 Å². The Bertz CT molecular complexity index is 545. The van der Waals surface area contributed by atoms with E-state index in [0.29, 0.717) is 0 Å². The molecule has 4 nitrogen and oxygen atoms in total. The normalized spacial score (nSPS) is 12.6. The van der Waals surface area contributed by atoms with Crippen molar-refractivity contribution in [2.45, 2.75) is 5.92 Å². The van der Waals surface area contributed by atoms with Crippen molar-refractivity contribution >= 4 is 16.9 Å². The van der Waals surface area contributed by atoms with E-state index in [2.05, 4.69) is 0 Å². The molecule has 0 fully saturated rings. The molecule has 0 saturated heterocycles. The summed E-state index contributed by atoms with van der Waals surface area (Å²) >= 11 is 0. The summed E-state index contributed by atoms with van der Waals surface area (Å²) in [5.74, 6) is -0.696. The Morgan fingerprint density at radius 1 is 1.47 bits per heavy atom. The second-order valence-electron chi connectivity index (χ2n) is 4.02. The van der Waals surface area contributed by atoms with Crippen LogP contribution in [0.1, 0.15) is 11.5 Å². The van der Waals surface area contributed by atoms with Crippen LogP contribution >= 0.6 is 0 Å². The number of hydrogen-bond acceptors (Lipinski definition) is 3. The Morgan fingerprint density at radius 3 is 2.88 bits per heavy atom. The predicted octanol–water partition coefficient (Wildman–Crippen LogP) is 1.39. The topological polar surface area (TPSA) is 57.2 Å². The first-order chi connectivity index (χ1) is 8.19. The molecule has 1 aromatic carbocycles. The summed E-state index contributed by atoms with van der Waals surface area (Å²) < 4.78 is 6.79. The maximum absolute atomic E-state index is 11.7. The van der Waals surface area contributed by atoms with Gasteiger partial charge in [-0.05, 0) is 17.0 Å². The molecule has 0 aliphatic rings. The van der Waals surface area contributed by atoms with Crippen LogP contribution in [0.4, 0.5) is 0 Å². The number of methoxy groups -OCH3 is 1. The van der Waals surface area contributed by atoms with Crippen LogP contribution in [-0.4, -0.2) is 24.2 Å². The fourth-order valence-electron chi connectivity index (χ4n) is 2.16. The van der Waals surface area contributed by atoms with Gasteiger partial charge in [0.15, 0.2) is 0 Å². The highest BCUT2D eigenvalue weighted by Crippen LogP contribution is 2.26. The number of ether oxygens (including phenoxy) is 1. The van der Waals surface area contributed by atoms with Gasteiger partial charge in [0, 0.05) is 19.8 Å². The standard InChI is InChI=1S/C13H16N2O2/c1-15-7-6-9-4-3-5-10(12(9)15)11(8-14)13(16)17-2/h3-7,11H,8,14H2,1-2H3. The number of nitrogens with two attached hydrogens (primary N) is 1. The number of fused-ring (bicyclic) bond motifs is 1. The van der Waals surface area contributed by atoms with E-state index in [1.54, 1.807) is 0 Å². The van der Waals surface area contributed by atoms with Gasteiger partial charge in [0.1, 0.15) is 0 Å². The van der Waals surface area contributed by atoms with Gasteiger partial charge in [-0.1, -0.05) is 18.2 Å². The molecule has 2 rings (SSSR count).